The summed E-state index contributed by atoms with van der Waals surface area (Å²) in [7, 11) is -3.49. The Kier molecular flexibility index (Phi) is 4.54. The molecule has 0 bridgehead atoms. The highest BCUT2D eigenvalue weighted by molar-refractivity contribution is 7.90. The van der Waals surface area contributed by atoms with E-state index in [-0.39, 0.29) is 12.0 Å². The van der Waals surface area contributed by atoms with E-state index in [4.69, 9.17) is 4.74 Å². The number of aryl methyl sites for hydroxylation is 1. The largest absolute Gasteiger partial charge is 0.373 e. The summed E-state index contributed by atoms with van der Waals surface area (Å²) >= 11 is 0. The van der Waals surface area contributed by atoms with Gasteiger partial charge in [0.25, 0.3) is 10.0 Å². The van der Waals surface area contributed by atoms with Crippen molar-refractivity contribution in [2.45, 2.75) is 30.8 Å². The second-order valence-corrected chi connectivity index (χ2v) is 8.55. The summed E-state index contributed by atoms with van der Waals surface area (Å²) < 4.78 is 33.0. The first-order valence-corrected chi connectivity index (χ1v) is 10.4. The third-order valence-corrected chi connectivity index (χ3v) is 6.39. The first-order valence-electron chi connectivity index (χ1n) is 8.89. The van der Waals surface area contributed by atoms with Gasteiger partial charge in [0.05, 0.1) is 11.0 Å². The van der Waals surface area contributed by atoms with Crippen molar-refractivity contribution in [1.82, 2.24) is 4.72 Å². The summed E-state index contributed by atoms with van der Waals surface area (Å²) in [6.45, 7) is 3.35. The second-order valence-electron chi connectivity index (χ2n) is 6.90. The van der Waals surface area contributed by atoms with Gasteiger partial charge in [-0.25, -0.2) is 8.42 Å². The van der Waals surface area contributed by atoms with E-state index < -0.39 is 10.0 Å². The lowest BCUT2D eigenvalue weighted by Gasteiger charge is -2.31. The molecule has 2 aliphatic rings. The van der Waals surface area contributed by atoms with Crippen molar-refractivity contribution in [2.24, 2.45) is 10.9 Å². The number of fused-ring (bicyclic) bond motifs is 1. The number of rotatable bonds is 3. The fourth-order valence-electron chi connectivity index (χ4n) is 3.61. The Bertz CT molecular complexity index is 936. The molecule has 0 radical (unpaired) electrons. The van der Waals surface area contributed by atoms with Crippen LogP contribution in [0.2, 0.25) is 0 Å². The molecule has 2 unspecified atom stereocenters. The molecule has 0 amide bonds. The molecule has 136 valence electrons. The zero-order chi connectivity index (χ0) is 18.1. The zero-order valence-corrected chi connectivity index (χ0v) is 15.5. The molecular formula is C20H22N2O3S. The van der Waals surface area contributed by atoms with Gasteiger partial charge in [-0.1, -0.05) is 42.0 Å². The average molecular weight is 370 g/mol. The molecule has 1 saturated heterocycles. The van der Waals surface area contributed by atoms with Gasteiger partial charge < -0.3 is 4.74 Å². The number of sulfonamides is 1. The highest BCUT2D eigenvalue weighted by atomic mass is 32.2. The molecule has 2 aromatic rings. The van der Waals surface area contributed by atoms with Crippen LogP contribution in [-0.4, -0.2) is 27.4 Å². The molecule has 2 atom stereocenters. The molecule has 2 heterocycles. The standard InChI is InChI=1S/C20H22N2O3S/c1-14-8-10-15(11-9-14)19-16(5-4-12-25-19)13-21-20-17-6-2-3-7-18(17)26(23,24)22-20/h2-3,6-11,16,19H,4-5,12-13H2,1H3,(H,21,22). The van der Waals surface area contributed by atoms with Gasteiger partial charge >= 0.3 is 0 Å². The van der Waals surface area contributed by atoms with Gasteiger partial charge in [-0.15, -0.1) is 0 Å². The quantitative estimate of drug-likeness (QED) is 0.902. The van der Waals surface area contributed by atoms with Crippen molar-refractivity contribution in [1.29, 1.82) is 0 Å². The highest BCUT2D eigenvalue weighted by Gasteiger charge is 2.32. The number of benzene rings is 2. The summed E-state index contributed by atoms with van der Waals surface area (Å²) in [6, 6.07) is 15.4. The third-order valence-electron chi connectivity index (χ3n) is 5.00. The number of nitrogens with one attached hydrogen (secondary N) is 1. The Balaban J connectivity index is 1.58. The van der Waals surface area contributed by atoms with E-state index in [1.165, 1.54) is 5.56 Å². The van der Waals surface area contributed by atoms with Crippen LogP contribution >= 0.6 is 0 Å². The van der Waals surface area contributed by atoms with E-state index in [1.807, 2.05) is 6.07 Å². The topological polar surface area (TPSA) is 67.8 Å². The molecule has 6 heteroatoms. The number of hydrogen-bond acceptors (Lipinski definition) is 4. The fourth-order valence-corrected chi connectivity index (χ4v) is 4.87. The Labute approximate surface area is 154 Å². The lowest BCUT2D eigenvalue weighted by atomic mass is 9.89. The van der Waals surface area contributed by atoms with Crippen molar-refractivity contribution in [3.8, 4) is 0 Å². The monoisotopic (exact) mass is 370 g/mol. The maximum atomic E-state index is 12.2. The van der Waals surface area contributed by atoms with Crippen LogP contribution in [0.25, 0.3) is 0 Å². The predicted molar refractivity (Wildman–Crippen MR) is 101 cm³/mol. The molecule has 26 heavy (non-hydrogen) atoms. The average Bonchev–Trinajstić information content (AvgIpc) is 2.92. The van der Waals surface area contributed by atoms with Gasteiger partial charge in [0.1, 0.15) is 5.84 Å². The van der Waals surface area contributed by atoms with Gasteiger partial charge in [-0.3, -0.25) is 9.71 Å². The Morgan fingerprint density at radius 1 is 1.15 bits per heavy atom. The van der Waals surface area contributed by atoms with Crippen molar-refractivity contribution in [3.63, 3.8) is 0 Å². The maximum Gasteiger partial charge on any atom is 0.263 e. The zero-order valence-electron chi connectivity index (χ0n) is 14.7. The Morgan fingerprint density at radius 3 is 2.73 bits per heavy atom. The molecule has 2 aliphatic heterocycles. The van der Waals surface area contributed by atoms with Gasteiger partial charge in [0.15, 0.2) is 0 Å². The van der Waals surface area contributed by atoms with E-state index in [1.54, 1.807) is 18.2 Å². The van der Waals surface area contributed by atoms with Gasteiger partial charge in [-0.2, -0.15) is 0 Å². The van der Waals surface area contributed by atoms with E-state index >= 15 is 0 Å². The van der Waals surface area contributed by atoms with Crippen LogP contribution in [0.3, 0.4) is 0 Å². The lowest BCUT2D eigenvalue weighted by Crippen LogP contribution is -2.27. The van der Waals surface area contributed by atoms with Crippen LogP contribution in [0.5, 0.6) is 0 Å². The SMILES string of the molecule is Cc1ccc(C2OCCCC2CN=C2NS(=O)(=O)c3ccccc32)cc1. The summed E-state index contributed by atoms with van der Waals surface area (Å²) in [5.74, 6) is 0.671. The summed E-state index contributed by atoms with van der Waals surface area (Å²) in [6.07, 6.45) is 2.02. The van der Waals surface area contributed by atoms with E-state index in [2.05, 4.69) is 40.9 Å². The van der Waals surface area contributed by atoms with Crippen LogP contribution in [0.4, 0.5) is 0 Å². The van der Waals surface area contributed by atoms with Crippen molar-refractivity contribution in [2.75, 3.05) is 13.2 Å². The summed E-state index contributed by atoms with van der Waals surface area (Å²) in [4.78, 5) is 4.92. The molecule has 0 aliphatic carbocycles. The molecule has 1 fully saturated rings. The van der Waals surface area contributed by atoms with Gasteiger partial charge in [-0.05, 0) is 37.5 Å². The highest BCUT2D eigenvalue weighted by Crippen LogP contribution is 2.34. The fraction of sp³-hybridized carbons (Fsp3) is 0.350. The summed E-state index contributed by atoms with van der Waals surface area (Å²) in [5.41, 5.74) is 3.03. The van der Waals surface area contributed by atoms with Crippen molar-refractivity contribution >= 4 is 15.9 Å². The van der Waals surface area contributed by atoms with E-state index in [0.29, 0.717) is 22.8 Å². The van der Waals surface area contributed by atoms with Crippen LogP contribution in [-0.2, 0) is 14.8 Å². The second kappa shape index (κ2) is 6.85. The molecule has 5 nitrogen and oxygen atoms in total. The minimum Gasteiger partial charge on any atom is -0.373 e. The number of ether oxygens (including phenoxy) is 1. The van der Waals surface area contributed by atoms with Crippen LogP contribution in [0, 0.1) is 12.8 Å². The van der Waals surface area contributed by atoms with Gasteiger partial charge in [0, 0.05) is 24.6 Å². The molecule has 0 saturated carbocycles. The number of amidine groups is 1. The van der Waals surface area contributed by atoms with Crippen LogP contribution < -0.4 is 4.72 Å². The molecule has 1 N–H and O–H groups in total. The lowest BCUT2D eigenvalue weighted by molar-refractivity contribution is -0.0250. The predicted octanol–water partition coefficient (Wildman–Crippen LogP) is 3.20. The van der Waals surface area contributed by atoms with Crippen molar-refractivity contribution in [3.05, 3.63) is 65.2 Å². The number of hydrogen-bond donors (Lipinski definition) is 1. The summed E-state index contributed by atoms with van der Waals surface area (Å²) in [5, 5.41) is 0. The normalized spacial score (nSPS) is 25.7. The molecule has 2 aromatic carbocycles. The molecule has 0 aromatic heterocycles. The Morgan fingerprint density at radius 2 is 1.92 bits per heavy atom. The van der Waals surface area contributed by atoms with Crippen LogP contribution in [0.1, 0.15) is 35.6 Å². The molecule has 0 spiro atoms. The van der Waals surface area contributed by atoms with Gasteiger partial charge in [0.2, 0.25) is 0 Å². The van der Waals surface area contributed by atoms with Crippen molar-refractivity contribution < 1.29 is 13.2 Å². The minimum absolute atomic E-state index is 0.00181. The first kappa shape index (κ1) is 17.2. The maximum absolute atomic E-state index is 12.2. The molecular weight excluding hydrogens is 348 g/mol. The first-order chi connectivity index (χ1) is 12.5. The smallest absolute Gasteiger partial charge is 0.263 e. The van der Waals surface area contributed by atoms with E-state index in [0.717, 1.165) is 25.0 Å². The van der Waals surface area contributed by atoms with Crippen LogP contribution in [0.15, 0.2) is 58.4 Å². The number of nitrogens with zero attached hydrogens (tertiary/aromatic N) is 1. The van der Waals surface area contributed by atoms with E-state index in [9.17, 15) is 8.42 Å². The number of aliphatic imine (C=N–C) groups is 1. The molecule has 4 rings (SSSR count). The minimum atomic E-state index is -3.49. The Hall–Kier alpha value is -2.18. The third kappa shape index (κ3) is 3.27.